The maximum absolute atomic E-state index is 11.4. The van der Waals surface area contributed by atoms with Gasteiger partial charge in [-0.3, -0.25) is 4.79 Å². The van der Waals surface area contributed by atoms with Gasteiger partial charge in [-0.2, -0.15) is 0 Å². The smallest absolute Gasteiger partial charge is 0.222 e. The summed E-state index contributed by atoms with van der Waals surface area (Å²) in [7, 11) is 0. The van der Waals surface area contributed by atoms with E-state index in [1.165, 1.54) is 6.42 Å². The fourth-order valence-electron chi connectivity index (χ4n) is 1.56. The highest BCUT2D eigenvalue weighted by Crippen LogP contribution is 2.10. The quantitative estimate of drug-likeness (QED) is 0.754. The van der Waals surface area contributed by atoms with Gasteiger partial charge in [-0.15, -0.1) is 0 Å². The van der Waals surface area contributed by atoms with E-state index in [1.807, 2.05) is 18.7 Å². The van der Waals surface area contributed by atoms with E-state index in [0.29, 0.717) is 12.5 Å². The minimum Gasteiger partial charge on any atom is -0.343 e. The number of carbonyl (C=O) groups is 1. The van der Waals surface area contributed by atoms with Crippen LogP contribution in [-0.2, 0) is 4.79 Å². The maximum atomic E-state index is 11.4. The maximum Gasteiger partial charge on any atom is 0.222 e. The van der Waals surface area contributed by atoms with Crippen molar-refractivity contribution in [1.82, 2.24) is 4.90 Å². The summed E-state index contributed by atoms with van der Waals surface area (Å²) in [6.07, 6.45) is 5.11. The van der Waals surface area contributed by atoms with E-state index in [-0.39, 0.29) is 0 Å². The molecule has 14 heavy (non-hydrogen) atoms. The molecule has 1 fully saturated rings. The van der Waals surface area contributed by atoms with Crippen molar-refractivity contribution in [2.45, 2.75) is 46.0 Å². The second-order valence-corrected chi connectivity index (χ2v) is 3.33. The van der Waals surface area contributed by atoms with Gasteiger partial charge in [0, 0.05) is 19.5 Å². The first kappa shape index (κ1) is 13.4. The Morgan fingerprint density at radius 3 is 2.64 bits per heavy atom. The van der Waals surface area contributed by atoms with Crippen LogP contribution < -0.4 is 5.73 Å². The minimum atomic E-state index is 0.320. The summed E-state index contributed by atoms with van der Waals surface area (Å²) < 4.78 is 0. The summed E-state index contributed by atoms with van der Waals surface area (Å²) in [5.41, 5.74) is 5.39. The number of nitrogens with zero attached hydrogens (tertiary/aromatic N) is 1. The Hall–Kier alpha value is -0.570. The summed E-state index contributed by atoms with van der Waals surface area (Å²) >= 11 is 0. The molecule has 1 rings (SSSR count). The highest BCUT2D eigenvalue weighted by molar-refractivity contribution is 5.76. The predicted octanol–water partition coefficient (Wildman–Crippen LogP) is 1.76. The molecule has 0 atom stereocenters. The van der Waals surface area contributed by atoms with E-state index in [2.05, 4.69) is 0 Å². The van der Waals surface area contributed by atoms with Gasteiger partial charge in [0.1, 0.15) is 0 Å². The van der Waals surface area contributed by atoms with Crippen LogP contribution in [0.2, 0.25) is 0 Å². The lowest BCUT2D eigenvalue weighted by atomic mass is 10.2. The van der Waals surface area contributed by atoms with Crippen LogP contribution in [0, 0.1) is 0 Å². The third-order valence-electron chi connectivity index (χ3n) is 2.30. The van der Waals surface area contributed by atoms with Crippen molar-refractivity contribution < 1.29 is 4.79 Å². The first-order valence-corrected chi connectivity index (χ1v) is 5.82. The molecular weight excluding hydrogens is 176 g/mol. The first-order chi connectivity index (χ1) is 6.84. The summed E-state index contributed by atoms with van der Waals surface area (Å²) in [6, 6.07) is 0. The van der Waals surface area contributed by atoms with Gasteiger partial charge in [-0.25, -0.2) is 0 Å². The fraction of sp³-hybridized carbons (Fsp3) is 0.909. The number of nitrogens with two attached hydrogens (primary N) is 1. The number of rotatable bonds is 3. The van der Waals surface area contributed by atoms with Gasteiger partial charge in [0.25, 0.3) is 0 Å². The Kier molecular flexibility index (Phi) is 8.64. The Bertz CT molecular complexity index is 148. The van der Waals surface area contributed by atoms with Crippen LogP contribution in [0.3, 0.4) is 0 Å². The number of likely N-dealkylation sites (tertiary alicyclic amines) is 1. The fourth-order valence-corrected chi connectivity index (χ4v) is 1.56. The highest BCUT2D eigenvalue weighted by atomic mass is 16.2. The van der Waals surface area contributed by atoms with Gasteiger partial charge in [0.2, 0.25) is 5.91 Å². The molecule has 0 bridgehead atoms. The third-order valence-corrected chi connectivity index (χ3v) is 2.30. The molecule has 0 saturated carbocycles. The van der Waals surface area contributed by atoms with Gasteiger partial charge in [0.05, 0.1) is 0 Å². The van der Waals surface area contributed by atoms with E-state index >= 15 is 0 Å². The Labute approximate surface area is 87.6 Å². The molecule has 3 nitrogen and oxygen atoms in total. The van der Waals surface area contributed by atoms with E-state index in [0.717, 1.165) is 38.8 Å². The molecule has 1 saturated heterocycles. The van der Waals surface area contributed by atoms with Gasteiger partial charge in [-0.05, 0) is 25.8 Å². The summed E-state index contributed by atoms with van der Waals surface area (Å²) in [5, 5.41) is 0. The van der Waals surface area contributed by atoms with Crippen molar-refractivity contribution >= 4 is 5.91 Å². The molecule has 1 aliphatic rings. The van der Waals surface area contributed by atoms with Crippen molar-refractivity contribution in [2.24, 2.45) is 5.73 Å². The van der Waals surface area contributed by atoms with E-state index in [1.54, 1.807) is 0 Å². The lowest BCUT2D eigenvalue weighted by Gasteiger charge is -2.19. The zero-order valence-electron chi connectivity index (χ0n) is 9.59. The van der Waals surface area contributed by atoms with Crippen molar-refractivity contribution in [3.05, 3.63) is 0 Å². The lowest BCUT2D eigenvalue weighted by Crippen LogP contribution is -2.32. The molecule has 1 amide bonds. The monoisotopic (exact) mass is 200 g/mol. The molecule has 0 aromatic rings. The highest BCUT2D eigenvalue weighted by Gasteiger charge is 2.14. The average molecular weight is 200 g/mol. The summed E-state index contributed by atoms with van der Waals surface area (Å²) in [6.45, 7) is 6.48. The van der Waals surface area contributed by atoms with Crippen LogP contribution in [0.25, 0.3) is 0 Å². The number of hydrogen-bond donors (Lipinski definition) is 1. The zero-order valence-corrected chi connectivity index (χ0v) is 9.59. The zero-order chi connectivity index (χ0) is 10.8. The molecule has 1 heterocycles. The largest absolute Gasteiger partial charge is 0.343 e. The van der Waals surface area contributed by atoms with Crippen LogP contribution in [0.5, 0.6) is 0 Å². The molecule has 0 aliphatic carbocycles. The number of carbonyl (C=O) groups excluding carboxylic acids is 1. The van der Waals surface area contributed by atoms with Crippen molar-refractivity contribution in [3.63, 3.8) is 0 Å². The Morgan fingerprint density at radius 2 is 2.00 bits per heavy atom. The van der Waals surface area contributed by atoms with Gasteiger partial charge in [-0.1, -0.05) is 20.3 Å². The van der Waals surface area contributed by atoms with Gasteiger partial charge < -0.3 is 10.6 Å². The van der Waals surface area contributed by atoms with Crippen LogP contribution in [0.15, 0.2) is 0 Å². The molecular formula is C11H24N2O. The van der Waals surface area contributed by atoms with Crippen LogP contribution in [0.4, 0.5) is 0 Å². The Balaban J connectivity index is 0.000000791. The SMILES string of the molecule is CC.NCCCN1CCCCCC1=O. The van der Waals surface area contributed by atoms with Crippen LogP contribution in [0.1, 0.15) is 46.0 Å². The molecule has 2 N–H and O–H groups in total. The van der Waals surface area contributed by atoms with Crippen molar-refractivity contribution in [1.29, 1.82) is 0 Å². The molecule has 0 aromatic carbocycles. The molecule has 84 valence electrons. The first-order valence-electron chi connectivity index (χ1n) is 5.82. The second-order valence-electron chi connectivity index (χ2n) is 3.33. The van der Waals surface area contributed by atoms with Crippen molar-refractivity contribution in [3.8, 4) is 0 Å². The average Bonchev–Trinajstić information content (AvgIpc) is 2.43. The standard InChI is InChI=1S/C9H18N2O.C2H6/c10-6-4-8-11-7-3-1-2-5-9(11)12;1-2/h1-8,10H2;1-2H3. The topological polar surface area (TPSA) is 46.3 Å². The predicted molar refractivity (Wildman–Crippen MR) is 60.1 cm³/mol. The second kappa shape index (κ2) is 9.00. The molecule has 3 heteroatoms. The Morgan fingerprint density at radius 1 is 1.29 bits per heavy atom. The minimum absolute atomic E-state index is 0.320. The summed E-state index contributed by atoms with van der Waals surface area (Å²) in [4.78, 5) is 13.4. The molecule has 0 spiro atoms. The number of hydrogen-bond acceptors (Lipinski definition) is 2. The normalized spacial score (nSPS) is 17.1. The van der Waals surface area contributed by atoms with E-state index < -0.39 is 0 Å². The molecule has 0 radical (unpaired) electrons. The van der Waals surface area contributed by atoms with Crippen LogP contribution >= 0.6 is 0 Å². The molecule has 0 aromatic heterocycles. The van der Waals surface area contributed by atoms with Gasteiger partial charge >= 0.3 is 0 Å². The number of amides is 1. The van der Waals surface area contributed by atoms with Crippen molar-refractivity contribution in [2.75, 3.05) is 19.6 Å². The molecule has 0 unspecified atom stereocenters. The third kappa shape index (κ3) is 5.22. The van der Waals surface area contributed by atoms with Crippen LogP contribution in [-0.4, -0.2) is 30.4 Å². The molecule has 1 aliphatic heterocycles. The lowest BCUT2D eigenvalue weighted by molar-refractivity contribution is -0.130. The summed E-state index contributed by atoms with van der Waals surface area (Å²) in [5.74, 6) is 0.320. The van der Waals surface area contributed by atoms with E-state index in [9.17, 15) is 4.79 Å². The van der Waals surface area contributed by atoms with E-state index in [4.69, 9.17) is 5.73 Å². The van der Waals surface area contributed by atoms with Gasteiger partial charge in [0.15, 0.2) is 0 Å².